The fourth-order valence-corrected chi connectivity index (χ4v) is 12.8. The number of hydrogen-bond donors (Lipinski definition) is 2. The number of benzene rings is 4. The summed E-state index contributed by atoms with van der Waals surface area (Å²) in [6.07, 6.45) is 0. The lowest BCUT2D eigenvalue weighted by Crippen LogP contribution is -2.76. The number of fused-ring (bicyclic) bond motifs is 3. The Labute approximate surface area is 224 Å². The Kier molecular flexibility index (Phi) is 2.82. The number of hydrogen-bond acceptors (Lipinski definition) is 4. The second kappa shape index (κ2) is 5.40. The van der Waals surface area contributed by atoms with Crippen molar-refractivity contribution < 1.29 is 19.7 Å². The second-order valence-electron chi connectivity index (χ2n) is 12.9. The van der Waals surface area contributed by atoms with Gasteiger partial charge in [-0.15, -0.1) is 0 Å². The monoisotopic (exact) mass is 508 g/mol. The Hall–Kier alpha value is -3.57. The standard InChI is InChI=1S/C35H24O4/c36-29-30(19-11-3-1-4-12-19)25-26-31(29,20-13-5-2-6-14-20)33-24-18-10-8-16-22(24)21-15-7-9-17-23(21)32(30,33)27-28(33)35(26,38)39-34(25,27)37/h1-18,25-28,37-38H/t25?,26?,27?,28?,30-,31-,32?,33?,34?,35?/m1/s1. The molecule has 0 aromatic heterocycles. The predicted molar refractivity (Wildman–Crippen MR) is 141 cm³/mol. The molecule has 0 radical (unpaired) electrons. The van der Waals surface area contributed by atoms with Crippen molar-refractivity contribution in [2.45, 2.75) is 33.2 Å². The SMILES string of the molecule is O=C1[C@@]2(c3ccccc3)C3C4C5(O)OC3(O)C3C5C5(c6ccccc6-c6ccccc6C352)[C@@]14c1ccccc1. The first kappa shape index (κ1) is 20.3. The maximum Gasteiger partial charge on any atom is 0.177 e. The van der Waals surface area contributed by atoms with Gasteiger partial charge in [-0.25, -0.2) is 0 Å². The van der Waals surface area contributed by atoms with Crippen molar-refractivity contribution in [1.29, 1.82) is 0 Å². The normalized spacial score (nSPS) is 48.8. The largest absolute Gasteiger partial charge is 0.365 e. The van der Waals surface area contributed by atoms with E-state index in [1.807, 2.05) is 36.4 Å². The summed E-state index contributed by atoms with van der Waals surface area (Å²) in [5.41, 5.74) is 2.80. The minimum atomic E-state index is -1.58. The van der Waals surface area contributed by atoms with Crippen LogP contribution in [-0.2, 0) is 31.2 Å². The number of aliphatic hydroxyl groups is 2. The molecule has 4 aromatic rings. The number of ether oxygens (including phenoxy) is 1. The highest BCUT2D eigenvalue weighted by atomic mass is 16.7. The molecule has 4 bridgehead atoms. The fraction of sp³-hybridized carbons (Fsp3) is 0.286. The van der Waals surface area contributed by atoms with Gasteiger partial charge in [-0.1, -0.05) is 109 Å². The summed E-state index contributed by atoms with van der Waals surface area (Å²) in [5.74, 6) is -4.86. The summed E-state index contributed by atoms with van der Waals surface area (Å²) in [7, 11) is 0. The van der Waals surface area contributed by atoms with Crippen molar-refractivity contribution in [2.75, 3.05) is 0 Å². The lowest BCUT2D eigenvalue weighted by atomic mass is 9.29. The molecule has 2 heterocycles. The summed E-state index contributed by atoms with van der Waals surface area (Å²) >= 11 is 0. The third kappa shape index (κ3) is 1.36. The second-order valence-corrected chi connectivity index (χ2v) is 12.9. The molecule has 2 aliphatic heterocycles. The minimum absolute atomic E-state index is 0.150. The Morgan fingerprint density at radius 3 is 1.33 bits per heavy atom. The van der Waals surface area contributed by atoms with E-state index in [4.69, 9.17) is 4.74 Å². The van der Waals surface area contributed by atoms with Gasteiger partial charge in [0.2, 0.25) is 0 Å². The van der Waals surface area contributed by atoms with Gasteiger partial charge in [0.1, 0.15) is 0 Å². The lowest BCUT2D eigenvalue weighted by molar-refractivity contribution is -0.261. The number of carbonyl (C=O) groups is 1. The molecule has 2 spiro atoms. The van der Waals surface area contributed by atoms with E-state index >= 15 is 4.79 Å². The van der Waals surface area contributed by atoms with E-state index in [0.29, 0.717) is 0 Å². The van der Waals surface area contributed by atoms with Crippen molar-refractivity contribution in [1.82, 2.24) is 0 Å². The van der Waals surface area contributed by atoms with Crippen LogP contribution >= 0.6 is 0 Å². The van der Waals surface area contributed by atoms with Crippen molar-refractivity contribution >= 4 is 5.78 Å². The number of carbonyl (C=O) groups excluding carboxylic acids is 1. The molecule has 4 nitrogen and oxygen atoms in total. The smallest absolute Gasteiger partial charge is 0.177 e. The van der Waals surface area contributed by atoms with Crippen LogP contribution in [0.2, 0.25) is 0 Å². The van der Waals surface area contributed by atoms with Crippen LogP contribution in [0, 0.1) is 23.7 Å². The van der Waals surface area contributed by atoms with Gasteiger partial charge in [0.15, 0.2) is 17.4 Å². The fourth-order valence-electron chi connectivity index (χ4n) is 12.8. The van der Waals surface area contributed by atoms with Gasteiger partial charge in [-0.3, -0.25) is 4.79 Å². The summed E-state index contributed by atoms with van der Waals surface area (Å²) in [6, 6.07) is 37.3. The minimum Gasteiger partial charge on any atom is -0.365 e. The maximum atomic E-state index is 15.9. The number of ketones is 1. The van der Waals surface area contributed by atoms with Crippen molar-refractivity contribution in [3.63, 3.8) is 0 Å². The molecule has 6 aliphatic carbocycles. The van der Waals surface area contributed by atoms with Crippen LogP contribution in [0.1, 0.15) is 22.3 Å². The van der Waals surface area contributed by atoms with E-state index in [0.717, 1.165) is 33.4 Å². The zero-order valence-corrected chi connectivity index (χ0v) is 20.9. The highest BCUT2D eigenvalue weighted by Gasteiger charge is 3.16. The van der Waals surface area contributed by atoms with E-state index in [1.54, 1.807) is 0 Å². The Morgan fingerprint density at radius 2 is 0.897 bits per heavy atom. The molecule has 2 N–H and O–H groups in total. The molecule has 8 aliphatic rings. The summed E-state index contributed by atoms with van der Waals surface area (Å²) in [6.45, 7) is 0. The van der Waals surface area contributed by atoms with Crippen LogP contribution in [0.4, 0.5) is 0 Å². The van der Waals surface area contributed by atoms with Crippen molar-refractivity contribution in [3.8, 4) is 11.1 Å². The van der Waals surface area contributed by atoms with Gasteiger partial charge in [-0.05, 0) is 33.4 Å². The third-order valence-electron chi connectivity index (χ3n) is 12.7. The average Bonchev–Trinajstić information content (AvgIpc) is 3.52. The summed E-state index contributed by atoms with van der Waals surface area (Å²) in [4.78, 5) is 15.9. The number of rotatable bonds is 2. The number of Topliss-reactive ketones (excluding diaryl/α,β-unsaturated/α-hetero) is 1. The van der Waals surface area contributed by atoms with Gasteiger partial charge in [0.05, 0.1) is 10.8 Å². The van der Waals surface area contributed by atoms with Gasteiger partial charge in [0.25, 0.3) is 0 Å². The van der Waals surface area contributed by atoms with Crippen LogP contribution in [0.25, 0.3) is 11.1 Å². The molecular weight excluding hydrogens is 484 g/mol. The summed E-state index contributed by atoms with van der Waals surface area (Å²) in [5, 5.41) is 25.4. The molecule has 8 unspecified atom stereocenters. The predicted octanol–water partition coefficient (Wildman–Crippen LogP) is 4.23. The summed E-state index contributed by atoms with van der Waals surface area (Å²) < 4.78 is 6.55. The molecular formula is C35H24O4. The van der Waals surface area contributed by atoms with E-state index in [-0.39, 0.29) is 17.6 Å². The topological polar surface area (TPSA) is 66.8 Å². The lowest BCUT2D eigenvalue weighted by Gasteiger charge is -2.70. The van der Waals surface area contributed by atoms with Crippen LogP contribution in [0.3, 0.4) is 0 Å². The van der Waals surface area contributed by atoms with Gasteiger partial charge in [-0.2, -0.15) is 0 Å². The maximum absolute atomic E-state index is 15.9. The molecule has 12 rings (SSSR count). The average molecular weight is 509 g/mol. The third-order valence-corrected chi connectivity index (χ3v) is 12.7. The Bertz CT molecular complexity index is 1720. The zero-order chi connectivity index (χ0) is 25.8. The van der Waals surface area contributed by atoms with E-state index in [1.165, 1.54) is 0 Å². The first-order valence-electron chi connectivity index (χ1n) is 14.0. The Balaban J connectivity index is 1.45. The van der Waals surface area contributed by atoms with Crippen molar-refractivity contribution in [3.05, 3.63) is 131 Å². The van der Waals surface area contributed by atoms with Crippen LogP contribution in [-0.4, -0.2) is 27.6 Å². The molecule has 5 saturated carbocycles. The first-order chi connectivity index (χ1) is 19.0. The molecule has 7 fully saturated rings. The molecule has 4 aromatic carbocycles. The van der Waals surface area contributed by atoms with Crippen LogP contribution in [0.5, 0.6) is 0 Å². The molecule has 188 valence electrons. The van der Waals surface area contributed by atoms with Crippen LogP contribution in [0.15, 0.2) is 109 Å². The van der Waals surface area contributed by atoms with Crippen LogP contribution < -0.4 is 0 Å². The van der Waals surface area contributed by atoms with E-state index < -0.39 is 45.1 Å². The zero-order valence-electron chi connectivity index (χ0n) is 20.9. The quantitative estimate of drug-likeness (QED) is 0.426. The van der Waals surface area contributed by atoms with Gasteiger partial charge >= 0.3 is 0 Å². The van der Waals surface area contributed by atoms with Gasteiger partial charge in [0, 0.05) is 34.5 Å². The highest BCUT2D eigenvalue weighted by Crippen LogP contribution is 3.05. The molecule has 4 heteroatoms. The molecule has 0 amide bonds. The Morgan fingerprint density at radius 1 is 0.513 bits per heavy atom. The highest BCUT2D eigenvalue weighted by molar-refractivity contribution is 6.15. The first-order valence-corrected chi connectivity index (χ1v) is 14.0. The van der Waals surface area contributed by atoms with Crippen molar-refractivity contribution in [2.24, 2.45) is 23.7 Å². The van der Waals surface area contributed by atoms with E-state index in [2.05, 4.69) is 72.8 Å². The van der Waals surface area contributed by atoms with E-state index in [9.17, 15) is 10.2 Å². The molecule has 39 heavy (non-hydrogen) atoms. The van der Waals surface area contributed by atoms with Gasteiger partial charge < -0.3 is 14.9 Å². The molecule has 2 saturated heterocycles. The molecule has 10 atom stereocenters.